The molecule has 0 radical (unpaired) electrons. The van der Waals surface area contributed by atoms with Crippen molar-refractivity contribution >= 4 is 45.9 Å². The van der Waals surface area contributed by atoms with Crippen molar-refractivity contribution in [2.75, 3.05) is 130 Å². The topological polar surface area (TPSA) is 251 Å². The van der Waals surface area contributed by atoms with E-state index in [1.165, 1.54) is 45.2 Å². The molecule has 4 aromatic carbocycles. The first-order valence-corrected chi connectivity index (χ1v) is 20.1. The number of ketones is 4. The van der Waals surface area contributed by atoms with Gasteiger partial charge in [0.25, 0.3) is 0 Å². The lowest BCUT2D eigenvalue weighted by atomic mass is 9.81. The molecule has 9 N–H and O–H groups in total. The fourth-order valence-electron chi connectivity index (χ4n) is 7.10. The van der Waals surface area contributed by atoms with Crippen LogP contribution in [0.5, 0.6) is 23.0 Å². The number of hydrogen-bond acceptors (Lipinski definition) is 15. The van der Waals surface area contributed by atoms with Crippen molar-refractivity contribution in [3.63, 3.8) is 0 Å². The minimum atomic E-state index is -0.620. The second-order valence-corrected chi connectivity index (χ2v) is 16.9. The van der Waals surface area contributed by atoms with Gasteiger partial charge in [-0.25, -0.2) is 0 Å². The fraction of sp³-hybridized carbons (Fsp3) is 0.364. The third kappa shape index (κ3) is 10.4. The molecule has 0 bridgehead atoms. The molecule has 0 unspecified atom stereocenters. The summed E-state index contributed by atoms with van der Waals surface area (Å²) in [7, 11) is 13.9. The average molecular weight is 858 g/mol. The lowest BCUT2D eigenvalue weighted by Crippen LogP contribution is -3.06. The van der Waals surface area contributed by atoms with Gasteiger partial charge in [0.2, 0.25) is 23.1 Å². The Morgan fingerprint density at radius 3 is 1.02 bits per heavy atom. The van der Waals surface area contributed by atoms with Gasteiger partial charge in [0.1, 0.15) is 23.0 Å². The third-order valence-corrected chi connectivity index (χ3v) is 10.3. The fourth-order valence-corrected chi connectivity index (χ4v) is 7.10. The molecule has 0 spiro atoms. The summed E-state index contributed by atoms with van der Waals surface area (Å²) in [6.45, 7) is 3.69. The summed E-state index contributed by atoms with van der Waals surface area (Å²) < 4.78 is -1.08. The quantitative estimate of drug-likeness (QED) is 0.0385. The minimum Gasteiger partial charge on any atom is -0.633 e. The molecule has 0 amide bonds. The monoisotopic (exact) mass is 857 g/mol. The molecule has 0 saturated carbocycles. The van der Waals surface area contributed by atoms with E-state index in [-0.39, 0.29) is 82.2 Å². The van der Waals surface area contributed by atoms with Crippen LogP contribution in [-0.4, -0.2) is 166 Å². The van der Waals surface area contributed by atoms with Gasteiger partial charge in [-0.3, -0.25) is 19.2 Å². The molecule has 0 atom stereocenters. The van der Waals surface area contributed by atoms with Crippen LogP contribution in [0.4, 0.5) is 22.7 Å². The molecule has 6 rings (SSSR count). The molecule has 0 aromatic heterocycles. The number of benzene rings is 4. The maximum Gasteiger partial charge on any atom is 0.200 e. The molecule has 0 saturated heterocycles. The predicted octanol–water partition coefficient (Wildman–Crippen LogP) is 2.25. The first kappa shape index (κ1) is 46.8. The zero-order chi connectivity index (χ0) is 45.8. The summed E-state index contributed by atoms with van der Waals surface area (Å²) in [5, 5.41) is 77.4. The molecule has 2 aliphatic carbocycles. The second-order valence-electron chi connectivity index (χ2n) is 16.9. The summed E-state index contributed by atoms with van der Waals surface area (Å²) in [5.74, 6) is -3.66. The van der Waals surface area contributed by atoms with E-state index < -0.39 is 43.9 Å². The highest BCUT2D eigenvalue weighted by Crippen LogP contribution is 2.44. The first-order valence-electron chi connectivity index (χ1n) is 20.1. The van der Waals surface area contributed by atoms with Gasteiger partial charge in [0, 0.05) is 35.8 Å². The Morgan fingerprint density at radius 1 is 0.484 bits per heavy atom. The highest BCUT2D eigenvalue weighted by Gasteiger charge is 2.39. The summed E-state index contributed by atoms with van der Waals surface area (Å²) in [4.78, 5) is 56.8. The number of phenols is 4. The van der Waals surface area contributed by atoms with Gasteiger partial charge in [-0.15, -0.1) is 0 Å². The summed E-state index contributed by atoms with van der Waals surface area (Å²) in [6, 6.07) is 11.5. The molecule has 0 aliphatic heterocycles. The number of quaternary nitrogens is 3. The number of hydrogen-bond donors (Lipinski definition) is 9. The molecule has 332 valence electrons. The highest BCUT2D eigenvalue weighted by atomic mass is 16.5. The maximum atomic E-state index is 13.4. The molecular formula is C44H57N8O10+. The third-order valence-electron chi connectivity index (χ3n) is 10.3. The van der Waals surface area contributed by atoms with Gasteiger partial charge in [0.15, 0.2) is 0 Å². The number of anilines is 4. The summed E-state index contributed by atoms with van der Waals surface area (Å²) in [5.41, 5.74) is 1.43. The van der Waals surface area contributed by atoms with Gasteiger partial charge in [-0.2, -0.15) is 0 Å². The Kier molecular flexibility index (Phi) is 14.2. The Hall–Kier alpha value is -6.28. The van der Waals surface area contributed by atoms with E-state index in [1.807, 2.05) is 33.1 Å². The number of likely N-dealkylation sites (N-methyl/N-ethyl adjacent to an activating group) is 4. The number of aromatic hydroxyl groups is 4. The molecule has 0 heterocycles. The Balaban J connectivity index is 0.000000235. The molecule has 18 heteroatoms. The van der Waals surface area contributed by atoms with Crippen LogP contribution >= 0.6 is 0 Å². The maximum absolute atomic E-state index is 13.4. The van der Waals surface area contributed by atoms with Crippen LogP contribution in [-0.2, 0) is 0 Å². The molecule has 18 nitrogen and oxygen atoms in total. The number of phenolic OH excluding ortho intramolecular Hbond substituents is 4. The van der Waals surface area contributed by atoms with E-state index in [0.717, 1.165) is 25.2 Å². The summed E-state index contributed by atoms with van der Waals surface area (Å²) in [6.07, 6.45) is 0. The highest BCUT2D eigenvalue weighted by molar-refractivity contribution is 6.34. The Morgan fingerprint density at radius 2 is 0.758 bits per heavy atom. The van der Waals surface area contributed by atoms with Crippen molar-refractivity contribution in [3.8, 4) is 23.0 Å². The Bertz CT molecular complexity index is 2220. The number of carbonyl (C=O) groups is 4. The second kappa shape index (κ2) is 18.8. The number of nitrogens with one attached hydrogen (secondary N) is 5. The molecule has 0 fully saturated rings. The standard InChI is InChI=1S/C22H28N4O6.C22H28N4O4/c1-25(2,31)11-9-23-13-5-6-14(24-10-12-26(3,4)32)18-17(13)21(29)19-15(27)7-8-16(28)20(19)22(18)30;1-25(2)11-9-23-13-5-6-14(24-10-12-26(3)4)18-17(13)21(29)19-15(27)7-8-16(28)20(19)22(18)30/h5-8,23-24,27-28H,9-12H2,1-4H3;5-8,23-24,27-28H,9-12H2,1-4H3/p+1. The summed E-state index contributed by atoms with van der Waals surface area (Å²) >= 11 is 0. The van der Waals surface area contributed by atoms with Gasteiger partial charge in [-0.05, 0) is 62.6 Å². The first-order chi connectivity index (χ1) is 29.0. The number of fused-ring (bicyclic) bond motifs is 4. The largest absolute Gasteiger partial charge is 0.633 e. The molecule has 2 aliphatic rings. The smallest absolute Gasteiger partial charge is 0.200 e. The van der Waals surface area contributed by atoms with Crippen molar-refractivity contribution in [2.24, 2.45) is 0 Å². The normalized spacial score (nSPS) is 13.2. The Labute approximate surface area is 360 Å². The van der Waals surface area contributed by atoms with E-state index in [9.17, 15) is 50.0 Å². The van der Waals surface area contributed by atoms with Crippen LogP contribution in [0, 0.1) is 10.4 Å². The van der Waals surface area contributed by atoms with Crippen LogP contribution in [0.15, 0.2) is 48.5 Å². The van der Waals surface area contributed by atoms with E-state index in [4.69, 9.17) is 0 Å². The SMILES string of the molecule is CN(C)CCNc1ccc(NCC[NH+](C)C)c2c1C(=O)c1c(O)ccc(O)c1C2=O.C[N+](C)([O-])CCNc1ccc(NCC[N+](C)(C)[O-])c2c1C(=O)c1c(O)ccc(O)c1C2=O. The van der Waals surface area contributed by atoms with Crippen molar-refractivity contribution in [3.05, 3.63) is 103 Å². The van der Waals surface area contributed by atoms with Crippen LogP contribution in [0.1, 0.15) is 63.7 Å². The van der Waals surface area contributed by atoms with E-state index in [2.05, 4.69) is 21.3 Å². The van der Waals surface area contributed by atoms with Crippen molar-refractivity contribution in [1.82, 2.24) is 4.90 Å². The van der Waals surface area contributed by atoms with Gasteiger partial charge >= 0.3 is 0 Å². The van der Waals surface area contributed by atoms with Gasteiger partial charge in [-0.1, -0.05) is 0 Å². The number of carbonyl (C=O) groups excluding carboxylic acids is 4. The number of hydroxylamine groups is 6. The molecule has 62 heavy (non-hydrogen) atoms. The lowest BCUT2D eigenvalue weighted by Gasteiger charge is -2.34. The van der Waals surface area contributed by atoms with E-state index in [0.29, 0.717) is 35.8 Å². The lowest BCUT2D eigenvalue weighted by molar-refractivity contribution is -0.856. The van der Waals surface area contributed by atoms with E-state index >= 15 is 0 Å². The predicted molar refractivity (Wildman–Crippen MR) is 237 cm³/mol. The van der Waals surface area contributed by atoms with Gasteiger partial charge < -0.3 is 71.2 Å². The van der Waals surface area contributed by atoms with E-state index in [1.54, 1.807) is 24.3 Å². The van der Waals surface area contributed by atoms with Crippen molar-refractivity contribution in [2.45, 2.75) is 0 Å². The van der Waals surface area contributed by atoms with Gasteiger partial charge in [0.05, 0.1) is 126 Å². The molecular weight excluding hydrogens is 801 g/mol. The van der Waals surface area contributed by atoms with Crippen molar-refractivity contribution in [1.29, 1.82) is 0 Å². The van der Waals surface area contributed by atoms with Crippen LogP contribution in [0.3, 0.4) is 0 Å². The average Bonchev–Trinajstić information content (AvgIpc) is 3.17. The number of nitrogens with zero attached hydrogens (tertiary/aromatic N) is 3. The van der Waals surface area contributed by atoms with Crippen LogP contribution in [0.2, 0.25) is 0 Å². The van der Waals surface area contributed by atoms with Crippen LogP contribution in [0.25, 0.3) is 0 Å². The zero-order valence-electron chi connectivity index (χ0n) is 36.4. The molecule has 4 aromatic rings. The van der Waals surface area contributed by atoms with Crippen molar-refractivity contribution < 1.29 is 53.8 Å². The minimum absolute atomic E-state index is 0.0421. The number of rotatable bonds is 16. The zero-order valence-corrected chi connectivity index (χ0v) is 36.4. The van der Waals surface area contributed by atoms with Crippen LogP contribution < -0.4 is 26.2 Å².